The summed E-state index contributed by atoms with van der Waals surface area (Å²) in [7, 11) is 5.85. The first-order valence-corrected chi connectivity index (χ1v) is 6.63. The van der Waals surface area contributed by atoms with E-state index in [0.29, 0.717) is 18.6 Å². The molecular weight excluding hydrogens is 247 g/mol. The molecule has 0 atom stereocenters. The van der Waals surface area contributed by atoms with E-state index in [9.17, 15) is 4.79 Å². The molecule has 0 saturated carbocycles. The highest BCUT2D eigenvalue weighted by Gasteiger charge is 2.23. The quantitative estimate of drug-likeness (QED) is 0.786. The number of hydrogen-bond donors (Lipinski definition) is 1. The van der Waals surface area contributed by atoms with Crippen LogP contribution in [0.2, 0.25) is 0 Å². The molecule has 2 aromatic rings. The highest BCUT2D eigenvalue weighted by atomic mass is 16.2. The molecule has 2 radical (unpaired) electrons. The standard InChI is InChI=1S/C16H15BN2O/c1-11-14(17)7-4-8-15(11)18-16(20)19-9-12-5-2-3-6-13(12)10-19/h2-8H,9-10H2,1H3,(H,18,20). The lowest BCUT2D eigenvalue weighted by molar-refractivity contribution is 0.212. The van der Waals surface area contributed by atoms with Crippen molar-refractivity contribution in [3.8, 4) is 0 Å². The third-order valence-electron chi connectivity index (χ3n) is 3.75. The lowest BCUT2D eigenvalue weighted by Gasteiger charge is -2.18. The van der Waals surface area contributed by atoms with E-state index >= 15 is 0 Å². The molecular formula is C16H15BN2O. The Morgan fingerprint density at radius 2 is 1.75 bits per heavy atom. The van der Waals surface area contributed by atoms with Gasteiger partial charge in [-0.2, -0.15) is 0 Å². The Morgan fingerprint density at radius 3 is 2.40 bits per heavy atom. The molecule has 0 fully saturated rings. The molecule has 0 aromatic heterocycles. The second-order valence-corrected chi connectivity index (χ2v) is 5.07. The van der Waals surface area contributed by atoms with Gasteiger partial charge in [0.25, 0.3) is 0 Å². The van der Waals surface area contributed by atoms with Gasteiger partial charge < -0.3 is 10.2 Å². The molecule has 1 heterocycles. The zero-order valence-electron chi connectivity index (χ0n) is 11.4. The Balaban J connectivity index is 1.74. The van der Waals surface area contributed by atoms with Gasteiger partial charge in [0.2, 0.25) is 0 Å². The Labute approximate surface area is 120 Å². The molecule has 2 amide bonds. The Bertz CT molecular complexity index is 644. The fourth-order valence-corrected chi connectivity index (χ4v) is 2.46. The summed E-state index contributed by atoms with van der Waals surface area (Å²) in [5, 5.41) is 2.93. The van der Waals surface area contributed by atoms with Gasteiger partial charge in [0.05, 0.1) is 0 Å². The van der Waals surface area contributed by atoms with Crippen molar-refractivity contribution < 1.29 is 4.79 Å². The first kappa shape index (κ1) is 12.8. The lowest BCUT2D eigenvalue weighted by atomic mass is 9.90. The number of fused-ring (bicyclic) bond motifs is 1. The van der Waals surface area contributed by atoms with Gasteiger partial charge >= 0.3 is 6.03 Å². The minimum atomic E-state index is -0.0881. The maximum Gasteiger partial charge on any atom is 0.322 e. The van der Waals surface area contributed by atoms with Crippen LogP contribution in [0.1, 0.15) is 16.7 Å². The number of carbonyl (C=O) groups excluding carboxylic acids is 1. The zero-order chi connectivity index (χ0) is 14.1. The average molecular weight is 262 g/mol. The molecule has 0 spiro atoms. The van der Waals surface area contributed by atoms with Crippen LogP contribution in [0.25, 0.3) is 0 Å². The van der Waals surface area contributed by atoms with Gasteiger partial charge in [0.15, 0.2) is 0 Å². The second kappa shape index (κ2) is 5.04. The summed E-state index contributed by atoms with van der Waals surface area (Å²) in [5.74, 6) is 0. The fraction of sp³-hybridized carbons (Fsp3) is 0.188. The number of rotatable bonds is 1. The van der Waals surface area contributed by atoms with Gasteiger partial charge in [-0.3, -0.25) is 0 Å². The lowest BCUT2D eigenvalue weighted by Crippen LogP contribution is -2.31. The Hall–Kier alpha value is -2.23. The van der Waals surface area contributed by atoms with E-state index in [1.54, 1.807) is 4.90 Å². The number of hydrogen-bond acceptors (Lipinski definition) is 1. The molecule has 0 aliphatic carbocycles. The van der Waals surface area contributed by atoms with Crippen LogP contribution >= 0.6 is 0 Å². The summed E-state index contributed by atoms with van der Waals surface area (Å²) in [5.41, 5.74) is 4.79. The van der Waals surface area contributed by atoms with E-state index in [4.69, 9.17) is 7.85 Å². The van der Waals surface area contributed by atoms with Gasteiger partial charge in [0.1, 0.15) is 7.85 Å². The van der Waals surface area contributed by atoms with E-state index in [-0.39, 0.29) is 6.03 Å². The fourth-order valence-electron chi connectivity index (χ4n) is 2.46. The molecule has 0 unspecified atom stereocenters. The van der Waals surface area contributed by atoms with Crippen molar-refractivity contribution in [2.75, 3.05) is 5.32 Å². The topological polar surface area (TPSA) is 32.3 Å². The predicted molar refractivity (Wildman–Crippen MR) is 81.3 cm³/mol. The number of amides is 2. The van der Waals surface area contributed by atoms with Crippen molar-refractivity contribution in [3.63, 3.8) is 0 Å². The van der Waals surface area contributed by atoms with Crippen LogP contribution in [0.3, 0.4) is 0 Å². The van der Waals surface area contributed by atoms with Crippen LogP contribution in [0, 0.1) is 6.92 Å². The van der Waals surface area contributed by atoms with Gasteiger partial charge in [-0.05, 0) is 29.7 Å². The summed E-state index contributed by atoms with van der Waals surface area (Å²) in [6.07, 6.45) is 0. The molecule has 0 bridgehead atoms. The second-order valence-electron chi connectivity index (χ2n) is 5.07. The summed E-state index contributed by atoms with van der Waals surface area (Å²) in [6.45, 7) is 3.22. The van der Waals surface area contributed by atoms with Crippen molar-refractivity contribution in [1.82, 2.24) is 4.90 Å². The van der Waals surface area contributed by atoms with E-state index in [1.807, 2.05) is 37.3 Å². The van der Waals surface area contributed by atoms with E-state index in [2.05, 4.69) is 17.4 Å². The monoisotopic (exact) mass is 262 g/mol. The number of carbonyl (C=O) groups is 1. The molecule has 98 valence electrons. The number of benzene rings is 2. The highest BCUT2D eigenvalue weighted by Crippen LogP contribution is 2.23. The van der Waals surface area contributed by atoms with Crippen molar-refractivity contribution in [2.24, 2.45) is 0 Å². The minimum Gasteiger partial charge on any atom is -0.316 e. The predicted octanol–water partition coefficient (Wildman–Crippen LogP) is 2.34. The molecule has 4 heteroatoms. The molecule has 3 nitrogen and oxygen atoms in total. The van der Waals surface area contributed by atoms with Crippen molar-refractivity contribution in [3.05, 3.63) is 59.2 Å². The Kier molecular flexibility index (Phi) is 3.22. The first-order chi connectivity index (χ1) is 9.65. The van der Waals surface area contributed by atoms with E-state index in [1.165, 1.54) is 11.1 Å². The van der Waals surface area contributed by atoms with Gasteiger partial charge in [0, 0.05) is 18.8 Å². The molecule has 1 N–H and O–H groups in total. The normalized spacial score (nSPS) is 13.2. The third kappa shape index (κ3) is 2.29. The van der Waals surface area contributed by atoms with Crippen molar-refractivity contribution in [1.29, 1.82) is 0 Å². The molecule has 1 aliphatic heterocycles. The van der Waals surface area contributed by atoms with Crippen LogP contribution in [0.15, 0.2) is 42.5 Å². The largest absolute Gasteiger partial charge is 0.322 e. The number of nitrogens with one attached hydrogen (secondary N) is 1. The van der Waals surface area contributed by atoms with Gasteiger partial charge in [-0.1, -0.05) is 41.9 Å². The SMILES string of the molecule is [B]c1cccc(NC(=O)N2Cc3ccccc3C2)c1C. The Morgan fingerprint density at radius 1 is 1.10 bits per heavy atom. The molecule has 20 heavy (non-hydrogen) atoms. The van der Waals surface area contributed by atoms with Crippen LogP contribution in [-0.2, 0) is 13.1 Å². The maximum absolute atomic E-state index is 12.3. The molecule has 3 rings (SSSR count). The average Bonchev–Trinajstić information content (AvgIpc) is 2.88. The number of urea groups is 1. The van der Waals surface area contributed by atoms with Gasteiger partial charge in [-0.15, -0.1) is 0 Å². The zero-order valence-corrected chi connectivity index (χ0v) is 11.4. The third-order valence-corrected chi connectivity index (χ3v) is 3.75. The summed E-state index contributed by atoms with van der Waals surface area (Å²) in [6, 6.07) is 13.6. The first-order valence-electron chi connectivity index (χ1n) is 6.63. The summed E-state index contributed by atoms with van der Waals surface area (Å²) >= 11 is 0. The summed E-state index contributed by atoms with van der Waals surface area (Å²) in [4.78, 5) is 14.1. The van der Waals surface area contributed by atoms with Crippen LogP contribution < -0.4 is 10.8 Å². The van der Waals surface area contributed by atoms with E-state index in [0.717, 1.165) is 11.3 Å². The van der Waals surface area contributed by atoms with Crippen molar-refractivity contribution >= 4 is 25.0 Å². The maximum atomic E-state index is 12.3. The molecule has 1 aliphatic rings. The number of anilines is 1. The van der Waals surface area contributed by atoms with E-state index < -0.39 is 0 Å². The van der Waals surface area contributed by atoms with Gasteiger partial charge in [-0.25, -0.2) is 4.79 Å². The molecule has 2 aromatic carbocycles. The minimum absolute atomic E-state index is 0.0881. The highest BCUT2D eigenvalue weighted by molar-refractivity contribution is 6.33. The smallest absolute Gasteiger partial charge is 0.316 e. The number of nitrogens with zero attached hydrogens (tertiary/aromatic N) is 1. The van der Waals surface area contributed by atoms with Crippen LogP contribution in [0.4, 0.5) is 10.5 Å². The summed E-state index contributed by atoms with van der Waals surface area (Å²) < 4.78 is 0. The molecule has 0 saturated heterocycles. The van der Waals surface area contributed by atoms with Crippen LogP contribution in [0.5, 0.6) is 0 Å². The van der Waals surface area contributed by atoms with Crippen molar-refractivity contribution in [2.45, 2.75) is 20.0 Å². The van der Waals surface area contributed by atoms with Crippen LogP contribution in [-0.4, -0.2) is 18.8 Å².